The number of ether oxygens (including phenoxy) is 2. The summed E-state index contributed by atoms with van der Waals surface area (Å²) in [6, 6.07) is 2.68. The molecule has 4 aliphatic heterocycles. The molecule has 4 aliphatic rings. The lowest BCUT2D eigenvalue weighted by Crippen LogP contribution is -2.57. The third-order valence-electron chi connectivity index (χ3n) is 6.12. The summed E-state index contributed by atoms with van der Waals surface area (Å²) in [6.45, 7) is 2.70. The first kappa shape index (κ1) is 13.5. The van der Waals surface area contributed by atoms with Gasteiger partial charge in [0, 0.05) is 44.0 Å². The van der Waals surface area contributed by atoms with Crippen molar-refractivity contribution in [2.24, 2.45) is 5.73 Å². The highest BCUT2D eigenvalue weighted by Crippen LogP contribution is 2.43. The molecule has 2 bridgehead atoms. The summed E-state index contributed by atoms with van der Waals surface area (Å²) in [4.78, 5) is 2.85. The van der Waals surface area contributed by atoms with E-state index in [0.29, 0.717) is 6.04 Å². The predicted octanol–water partition coefficient (Wildman–Crippen LogP) is 1.67. The zero-order chi connectivity index (χ0) is 13.6. The minimum Gasteiger partial charge on any atom is -0.381 e. The Morgan fingerprint density at radius 3 is 2.30 bits per heavy atom. The van der Waals surface area contributed by atoms with Crippen molar-refractivity contribution in [1.29, 1.82) is 0 Å². The largest absolute Gasteiger partial charge is 0.381 e. The summed E-state index contributed by atoms with van der Waals surface area (Å²) in [5, 5.41) is 0. The van der Waals surface area contributed by atoms with Crippen LogP contribution in [0.4, 0.5) is 0 Å². The number of hydrogen-bond donors (Lipinski definition) is 1. The second-order valence-electron chi connectivity index (χ2n) is 7.35. The van der Waals surface area contributed by atoms with Crippen molar-refractivity contribution in [2.75, 3.05) is 19.8 Å². The van der Waals surface area contributed by atoms with E-state index in [4.69, 9.17) is 15.2 Å². The molecule has 4 heteroatoms. The van der Waals surface area contributed by atoms with E-state index in [1.165, 1.54) is 38.5 Å². The second-order valence-corrected chi connectivity index (χ2v) is 7.35. The molecule has 20 heavy (non-hydrogen) atoms. The molecule has 4 rings (SSSR count). The Hall–Kier alpha value is -0.160. The lowest BCUT2D eigenvalue weighted by Gasteiger charge is -2.50. The lowest BCUT2D eigenvalue weighted by atomic mass is 9.82. The topological polar surface area (TPSA) is 47.7 Å². The summed E-state index contributed by atoms with van der Waals surface area (Å²) < 4.78 is 11.7. The van der Waals surface area contributed by atoms with E-state index in [0.717, 1.165) is 50.8 Å². The predicted molar refractivity (Wildman–Crippen MR) is 77.6 cm³/mol. The smallest absolute Gasteiger partial charge is 0.0741 e. The van der Waals surface area contributed by atoms with Gasteiger partial charge in [-0.25, -0.2) is 0 Å². The highest BCUT2D eigenvalue weighted by atomic mass is 16.5. The number of nitrogens with zero attached hydrogens (tertiary/aromatic N) is 1. The Morgan fingerprint density at radius 2 is 1.60 bits per heavy atom. The fourth-order valence-electron chi connectivity index (χ4n) is 5.20. The van der Waals surface area contributed by atoms with Crippen LogP contribution in [0.25, 0.3) is 0 Å². The molecule has 0 amide bonds. The first-order chi connectivity index (χ1) is 9.76. The van der Waals surface area contributed by atoms with Crippen molar-refractivity contribution in [1.82, 2.24) is 4.90 Å². The molecular formula is C16H28N2O2. The first-order valence-electron chi connectivity index (χ1n) is 8.50. The minimum absolute atomic E-state index is 0.125. The zero-order valence-corrected chi connectivity index (χ0v) is 12.4. The zero-order valence-electron chi connectivity index (χ0n) is 12.4. The molecule has 0 saturated carbocycles. The fourth-order valence-corrected chi connectivity index (χ4v) is 5.20. The van der Waals surface area contributed by atoms with Gasteiger partial charge in [-0.1, -0.05) is 0 Å². The third kappa shape index (κ3) is 2.31. The van der Waals surface area contributed by atoms with Gasteiger partial charge in [0.05, 0.1) is 5.60 Å². The van der Waals surface area contributed by atoms with Crippen LogP contribution in [0.1, 0.15) is 51.4 Å². The molecule has 4 fully saturated rings. The Balaban J connectivity index is 1.48. The van der Waals surface area contributed by atoms with E-state index in [1.807, 2.05) is 0 Å². The molecule has 4 saturated heterocycles. The van der Waals surface area contributed by atoms with Crippen molar-refractivity contribution < 1.29 is 9.47 Å². The van der Waals surface area contributed by atoms with Crippen LogP contribution < -0.4 is 5.73 Å². The summed E-state index contributed by atoms with van der Waals surface area (Å²) in [6.07, 6.45) is 9.77. The van der Waals surface area contributed by atoms with E-state index < -0.39 is 0 Å². The van der Waals surface area contributed by atoms with Crippen LogP contribution in [0.3, 0.4) is 0 Å². The number of rotatable bonds is 1. The van der Waals surface area contributed by atoms with E-state index >= 15 is 0 Å². The molecule has 1 spiro atoms. The number of fused-ring (bicyclic) bond motifs is 2. The molecule has 0 aliphatic carbocycles. The molecule has 4 heterocycles. The number of hydrogen-bond acceptors (Lipinski definition) is 4. The Morgan fingerprint density at radius 1 is 0.900 bits per heavy atom. The molecule has 114 valence electrons. The molecule has 0 aromatic rings. The van der Waals surface area contributed by atoms with Gasteiger partial charge < -0.3 is 15.2 Å². The van der Waals surface area contributed by atoms with E-state index in [1.54, 1.807) is 0 Å². The van der Waals surface area contributed by atoms with Crippen molar-refractivity contribution in [3.05, 3.63) is 0 Å². The van der Waals surface area contributed by atoms with Gasteiger partial charge >= 0.3 is 0 Å². The quantitative estimate of drug-likeness (QED) is 0.794. The molecule has 0 radical (unpaired) electrons. The van der Waals surface area contributed by atoms with Gasteiger partial charge in [-0.15, -0.1) is 0 Å². The van der Waals surface area contributed by atoms with Crippen molar-refractivity contribution in [3.8, 4) is 0 Å². The van der Waals surface area contributed by atoms with E-state index in [2.05, 4.69) is 4.90 Å². The summed E-state index contributed by atoms with van der Waals surface area (Å²) in [5.74, 6) is 0. The Kier molecular flexibility index (Phi) is 3.53. The summed E-state index contributed by atoms with van der Waals surface area (Å²) in [5.41, 5.74) is 6.34. The second kappa shape index (κ2) is 5.24. The van der Waals surface area contributed by atoms with Crippen molar-refractivity contribution in [2.45, 2.75) is 81.1 Å². The highest BCUT2D eigenvalue weighted by Gasteiger charge is 2.47. The van der Waals surface area contributed by atoms with Gasteiger partial charge in [0.15, 0.2) is 0 Å². The maximum atomic E-state index is 6.22. The maximum absolute atomic E-state index is 6.22. The average Bonchev–Trinajstić information content (AvgIpc) is 2.72. The van der Waals surface area contributed by atoms with Crippen LogP contribution in [0, 0.1) is 0 Å². The van der Waals surface area contributed by atoms with Gasteiger partial charge in [0.2, 0.25) is 0 Å². The van der Waals surface area contributed by atoms with Gasteiger partial charge in [0.1, 0.15) is 0 Å². The molecule has 0 aromatic carbocycles. The number of nitrogens with two attached hydrogens (primary N) is 1. The van der Waals surface area contributed by atoms with E-state index in [9.17, 15) is 0 Å². The summed E-state index contributed by atoms with van der Waals surface area (Å²) >= 11 is 0. The van der Waals surface area contributed by atoms with Crippen LogP contribution in [-0.2, 0) is 9.47 Å². The van der Waals surface area contributed by atoms with Crippen LogP contribution in [0.2, 0.25) is 0 Å². The monoisotopic (exact) mass is 280 g/mol. The van der Waals surface area contributed by atoms with Gasteiger partial charge in [-0.05, 0) is 51.4 Å². The molecule has 2 N–H and O–H groups in total. The molecule has 3 unspecified atom stereocenters. The standard InChI is InChI=1S/C16H28N2O2/c17-12-9-13-1-2-14(10-12)18(13)15-3-6-20-16(11-15)4-7-19-8-5-16/h12-15H,1-11,17H2. The third-order valence-corrected chi connectivity index (χ3v) is 6.12. The van der Waals surface area contributed by atoms with Gasteiger partial charge in [-0.3, -0.25) is 4.90 Å². The molecule has 4 nitrogen and oxygen atoms in total. The van der Waals surface area contributed by atoms with Crippen LogP contribution in [0.15, 0.2) is 0 Å². The van der Waals surface area contributed by atoms with Crippen molar-refractivity contribution in [3.63, 3.8) is 0 Å². The van der Waals surface area contributed by atoms with Crippen LogP contribution >= 0.6 is 0 Å². The normalized spacial score (nSPS) is 44.9. The Bertz CT molecular complexity index is 337. The highest BCUT2D eigenvalue weighted by molar-refractivity contribution is 5.02. The lowest BCUT2D eigenvalue weighted by molar-refractivity contribution is -0.156. The first-order valence-corrected chi connectivity index (χ1v) is 8.50. The van der Waals surface area contributed by atoms with Gasteiger partial charge in [0.25, 0.3) is 0 Å². The van der Waals surface area contributed by atoms with Gasteiger partial charge in [-0.2, -0.15) is 0 Å². The Labute approximate surface area is 122 Å². The fraction of sp³-hybridized carbons (Fsp3) is 1.00. The SMILES string of the molecule is NC1CC2CCC(C1)N2C1CCOC2(CCOCC2)C1. The minimum atomic E-state index is 0.125. The summed E-state index contributed by atoms with van der Waals surface area (Å²) in [7, 11) is 0. The van der Waals surface area contributed by atoms with Crippen molar-refractivity contribution >= 4 is 0 Å². The molecule has 3 atom stereocenters. The van der Waals surface area contributed by atoms with Crippen LogP contribution in [0.5, 0.6) is 0 Å². The van der Waals surface area contributed by atoms with E-state index in [-0.39, 0.29) is 5.60 Å². The average molecular weight is 280 g/mol. The number of piperidine rings is 1. The maximum Gasteiger partial charge on any atom is 0.0741 e. The molecular weight excluding hydrogens is 252 g/mol. The molecule has 0 aromatic heterocycles. The van der Waals surface area contributed by atoms with Crippen LogP contribution in [-0.4, -0.2) is 54.5 Å².